The zero-order valence-electron chi connectivity index (χ0n) is 15.9. The molecule has 29 heavy (non-hydrogen) atoms. The standard InChI is InChI=1S/C21H21FN6O/c1-2-25-20-13-8-19(21(24)26-10-13)29-12-14-7-16(22)3-4-17(14)18-5-6-27-28(18)11-15(20)9-23/h3-10,23,25H,2,11-12H2,1H3,(H2,24,26)/b20-15+,23-9?. The largest absolute Gasteiger partial charge is 0.485 e. The lowest BCUT2D eigenvalue weighted by atomic mass is 10.0. The fourth-order valence-electron chi connectivity index (χ4n) is 3.42. The number of hydrogen-bond acceptors (Lipinski definition) is 6. The van der Waals surface area contributed by atoms with E-state index < -0.39 is 0 Å². The maximum Gasteiger partial charge on any atom is 0.166 e. The second-order valence-corrected chi connectivity index (χ2v) is 6.65. The van der Waals surface area contributed by atoms with E-state index in [4.69, 9.17) is 15.9 Å². The Bertz CT molecular complexity index is 1100. The van der Waals surface area contributed by atoms with Gasteiger partial charge in [0.05, 0.1) is 12.2 Å². The third-order valence-corrected chi connectivity index (χ3v) is 4.78. The van der Waals surface area contributed by atoms with E-state index in [0.29, 0.717) is 24.4 Å². The van der Waals surface area contributed by atoms with Crippen LogP contribution in [0.25, 0.3) is 17.0 Å². The number of allylic oxidation sites excluding steroid dienone is 1. The second-order valence-electron chi connectivity index (χ2n) is 6.65. The first-order chi connectivity index (χ1) is 14.1. The molecule has 7 nitrogen and oxygen atoms in total. The third-order valence-electron chi connectivity index (χ3n) is 4.78. The molecule has 0 saturated heterocycles. The summed E-state index contributed by atoms with van der Waals surface area (Å²) >= 11 is 0. The summed E-state index contributed by atoms with van der Waals surface area (Å²) in [6.07, 6.45) is 4.64. The number of nitrogens with one attached hydrogen (secondary N) is 2. The van der Waals surface area contributed by atoms with Gasteiger partial charge in [-0.3, -0.25) is 4.68 Å². The first-order valence-electron chi connectivity index (χ1n) is 9.27. The van der Waals surface area contributed by atoms with Gasteiger partial charge >= 0.3 is 0 Å². The topological polar surface area (TPSA) is 102 Å². The van der Waals surface area contributed by atoms with Crippen molar-refractivity contribution < 1.29 is 9.13 Å². The Morgan fingerprint density at radius 2 is 2.21 bits per heavy atom. The van der Waals surface area contributed by atoms with E-state index in [1.807, 2.05) is 13.0 Å². The summed E-state index contributed by atoms with van der Waals surface area (Å²) in [4.78, 5) is 4.24. The van der Waals surface area contributed by atoms with Crippen LogP contribution in [0.2, 0.25) is 0 Å². The summed E-state index contributed by atoms with van der Waals surface area (Å²) in [6, 6.07) is 8.23. The number of benzene rings is 1. The molecule has 4 rings (SSSR count). The van der Waals surface area contributed by atoms with Crippen LogP contribution in [-0.4, -0.2) is 27.5 Å². The van der Waals surface area contributed by atoms with Crippen LogP contribution < -0.4 is 15.8 Å². The second kappa shape index (κ2) is 7.75. The molecule has 0 spiro atoms. The average molecular weight is 392 g/mol. The van der Waals surface area contributed by atoms with Gasteiger partial charge < -0.3 is 21.2 Å². The van der Waals surface area contributed by atoms with E-state index in [1.165, 1.54) is 18.3 Å². The van der Waals surface area contributed by atoms with E-state index in [2.05, 4.69) is 15.4 Å². The van der Waals surface area contributed by atoms with E-state index in [-0.39, 0.29) is 18.2 Å². The SMILES string of the molecule is CCN/C1=C(\C=N)Cn2nccc2-c2ccc(F)cc2COc2cc1cnc2N. The summed E-state index contributed by atoms with van der Waals surface area (Å²) in [5.41, 5.74) is 10.5. The van der Waals surface area contributed by atoms with Crippen LogP contribution in [0.4, 0.5) is 10.2 Å². The molecular formula is C21H21FN6O. The van der Waals surface area contributed by atoms with Gasteiger partial charge in [0, 0.05) is 53.1 Å². The van der Waals surface area contributed by atoms with Gasteiger partial charge in [-0.25, -0.2) is 9.37 Å². The zero-order chi connectivity index (χ0) is 20.4. The van der Waals surface area contributed by atoms with Crippen molar-refractivity contribution in [3.05, 3.63) is 65.2 Å². The van der Waals surface area contributed by atoms with Gasteiger partial charge in [0.1, 0.15) is 12.4 Å². The molecule has 1 aliphatic heterocycles. The Kier molecular flexibility index (Phi) is 4.99. The molecule has 1 aromatic carbocycles. The van der Waals surface area contributed by atoms with Crippen molar-refractivity contribution in [3.8, 4) is 17.0 Å². The molecule has 0 unspecified atom stereocenters. The molecule has 3 heterocycles. The van der Waals surface area contributed by atoms with E-state index in [0.717, 1.165) is 28.1 Å². The molecule has 0 atom stereocenters. The lowest BCUT2D eigenvalue weighted by molar-refractivity contribution is 0.306. The van der Waals surface area contributed by atoms with Crippen molar-refractivity contribution >= 4 is 17.7 Å². The minimum absolute atomic E-state index is 0.130. The molecule has 0 saturated carbocycles. The predicted molar refractivity (Wildman–Crippen MR) is 110 cm³/mol. The first kappa shape index (κ1) is 18.7. The molecule has 1 aliphatic rings. The summed E-state index contributed by atoms with van der Waals surface area (Å²) in [7, 11) is 0. The fourth-order valence-corrected chi connectivity index (χ4v) is 3.42. The van der Waals surface area contributed by atoms with Gasteiger partial charge in [-0.05, 0) is 37.3 Å². The van der Waals surface area contributed by atoms with E-state index >= 15 is 0 Å². The van der Waals surface area contributed by atoms with Crippen LogP contribution in [0.5, 0.6) is 5.75 Å². The van der Waals surface area contributed by atoms with Crippen LogP contribution in [0.3, 0.4) is 0 Å². The maximum absolute atomic E-state index is 13.9. The maximum atomic E-state index is 13.9. The summed E-state index contributed by atoms with van der Waals surface area (Å²) < 4.78 is 21.7. The Balaban J connectivity index is 1.96. The third kappa shape index (κ3) is 3.56. The van der Waals surface area contributed by atoms with Crippen molar-refractivity contribution in [3.63, 3.8) is 0 Å². The highest BCUT2D eigenvalue weighted by atomic mass is 19.1. The van der Waals surface area contributed by atoms with Crippen molar-refractivity contribution in [1.82, 2.24) is 20.1 Å². The summed E-state index contributed by atoms with van der Waals surface area (Å²) in [5.74, 6) is 0.312. The number of nitrogens with two attached hydrogens (primary N) is 1. The van der Waals surface area contributed by atoms with Crippen molar-refractivity contribution in [2.45, 2.75) is 20.1 Å². The Morgan fingerprint density at radius 1 is 1.34 bits per heavy atom. The number of nitrogen functional groups attached to an aromatic ring is 1. The van der Waals surface area contributed by atoms with Gasteiger partial charge in [-0.2, -0.15) is 5.10 Å². The monoisotopic (exact) mass is 392 g/mol. The number of pyridine rings is 1. The number of hydrogen-bond donors (Lipinski definition) is 3. The van der Waals surface area contributed by atoms with Crippen LogP contribution in [0, 0.1) is 11.2 Å². The number of anilines is 1. The molecule has 2 aromatic heterocycles. The Hall–Kier alpha value is -3.68. The molecule has 0 amide bonds. The molecule has 3 aromatic rings. The number of nitrogens with zero attached hydrogens (tertiary/aromatic N) is 3. The lowest BCUT2D eigenvalue weighted by Crippen LogP contribution is -2.18. The van der Waals surface area contributed by atoms with Gasteiger partial charge in [-0.15, -0.1) is 0 Å². The zero-order valence-corrected chi connectivity index (χ0v) is 15.9. The molecular weight excluding hydrogens is 371 g/mol. The van der Waals surface area contributed by atoms with E-state index in [9.17, 15) is 4.39 Å². The molecule has 0 radical (unpaired) electrons. The van der Waals surface area contributed by atoms with Crippen molar-refractivity contribution in [2.75, 3.05) is 12.3 Å². The highest BCUT2D eigenvalue weighted by Crippen LogP contribution is 2.30. The van der Waals surface area contributed by atoms with Crippen LogP contribution in [0.1, 0.15) is 18.1 Å². The van der Waals surface area contributed by atoms with Crippen molar-refractivity contribution in [2.24, 2.45) is 0 Å². The molecule has 4 N–H and O–H groups in total. The molecule has 0 fully saturated rings. The smallest absolute Gasteiger partial charge is 0.166 e. The van der Waals surface area contributed by atoms with Crippen molar-refractivity contribution in [1.29, 1.82) is 5.41 Å². The van der Waals surface area contributed by atoms with Crippen LogP contribution in [-0.2, 0) is 13.2 Å². The predicted octanol–water partition coefficient (Wildman–Crippen LogP) is 3.23. The van der Waals surface area contributed by atoms with Gasteiger partial charge in [-0.1, -0.05) is 0 Å². The number of fused-ring (bicyclic) bond motifs is 5. The first-order valence-corrected chi connectivity index (χ1v) is 9.27. The number of aromatic nitrogens is 3. The van der Waals surface area contributed by atoms with Gasteiger partial charge in [0.25, 0.3) is 0 Å². The fraction of sp³-hybridized carbons (Fsp3) is 0.190. The number of rotatable bonds is 3. The molecule has 148 valence electrons. The molecule has 8 heteroatoms. The quantitative estimate of drug-likeness (QED) is 0.594. The Morgan fingerprint density at radius 3 is 3.00 bits per heavy atom. The summed E-state index contributed by atoms with van der Waals surface area (Å²) in [6.45, 7) is 3.15. The molecule has 2 bridgehead atoms. The number of ether oxygens (including phenoxy) is 1. The van der Waals surface area contributed by atoms with Gasteiger partial charge in [0.2, 0.25) is 0 Å². The van der Waals surface area contributed by atoms with Gasteiger partial charge in [0.15, 0.2) is 11.6 Å². The highest BCUT2D eigenvalue weighted by Gasteiger charge is 2.18. The molecule has 0 aliphatic carbocycles. The highest BCUT2D eigenvalue weighted by molar-refractivity contribution is 5.89. The normalized spacial score (nSPS) is 15.9. The number of halogens is 1. The Labute approximate surface area is 167 Å². The summed E-state index contributed by atoms with van der Waals surface area (Å²) in [5, 5.41) is 15.7. The lowest BCUT2D eigenvalue weighted by Gasteiger charge is -2.19. The van der Waals surface area contributed by atoms with Crippen LogP contribution >= 0.6 is 0 Å². The minimum atomic E-state index is -0.347. The average Bonchev–Trinajstić information content (AvgIpc) is 3.17. The van der Waals surface area contributed by atoms with Crippen LogP contribution in [0.15, 0.2) is 48.3 Å². The van der Waals surface area contributed by atoms with E-state index in [1.54, 1.807) is 29.2 Å². The minimum Gasteiger partial charge on any atom is -0.485 e.